The predicted molar refractivity (Wildman–Crippen MR) is 124 cm³/mol. The Hall–Kier alpha value is -2.96. The van der Waals surface area contributed by atoms with E-state index in [1.807, 2.05) is 48.5 Å². The van der Waals surface area contributed by atoms with Crippen molar-refractivity contribution in [3.63, 3.8) is 0 Å². The van der Waals surface area contributed by atoms with Gasteiger partial charge in [-0.3, -0.25) is 4.79 Å². The van der Waals surface area contributed by atoms with Crippen molar-refractivity contribution in [1.29, 1.82) is 0 Å². The highest BCUT2D eigenvalue weighted by atomic mass is 35.5. The Bertz CT molecular complexity index is 1220. The van der Waals surface area contributed by atoms with Crippen molar-refractivity contribution in [1.82, 2.24) is 9.97 Å². The number of thioether (sulfide) groups is 1. The van der Waals surface area contributed by atoms with Crippen LogP contribution in [0.5, 0.6) is 0 Å². The minimum absolute atomic E-state index is 0.107. The molecule has 1 amide bonds. The summed E-state index contributed by atoms with van der Waals surface area (Å²) in [4.78, 5) is 23.8. The van der Waals surface area contributed by atoms with Gasteiger partial charge in [0.2, 0.25) is 5.91 Å². The molecule has 1 aromatic heterocycles. The van der Waals surface area contributed by atoms with Crippen LogP contribution in [0.2, 0.25) is 5.02 Å². The Morgan fingerprint density at radius 2 is 1.61 bits per heavy atom. The molecule has 0 atom stereocenters. The number of anilines is 1. The Morgan fingerprint density at radius 3 is 2.29 bits per heavy atom. The van der Waals surface area contributed by atoms with Gasteiger partial charge in [0.15, 0.2) is 0 Å². The van der Waals surface area contributed by atoms with Crippen LogP contribution < -0.4 is 4.90 Å². The average Bonchev–Trinajstić information content (AvgIpc) is 2.79. The smallest absolute Gasteiger partial charge is 0.237 e. The average molecular weight is 452 g/mol. The summed E-state index contributed by atoms with van der Waals surface area (Å²) in [6.45, 7) is 0. The highest BCUT2D eigenvalue weighted by Crippen LogP contribution is 2.26. The van der Waals surface area contributed by atoms with Crippen molar-refractivity contribution in [2.75, 3.05) is 17.7 Å². The van der Waals surface area contributed by atoms with Crippen molar-refractivity contribution in [3.8, 4) is 0 Å². The quantitative estimate of drug-likeness (QED) is 0.349. The van der Waals surface area contributed by atoms with Crippen LogP contribution in [0.4, 0.5) is 10.1 Å². The van der Waals surface area contributed by atoms with Gasteiger partial charge in [-0.2, -0.15) is 0 Å². The second kappa shape index (κ2) is 9.45. The lowest BCUT2D eigenvalue weighted by atomic mass is 10.1. The van der Waals surface area contributed by atoms with Gasteiger partial charge in [0.25, 0.3) is 0 Å². The topological polar surface area (TPSA) is 46.1 Å². The number of aromatic nitrogens is 2. The molecule has 0 N–H and O–H groups in total. The largest absolute Gasteiger partial charge is 0.315 e. The molecule has 0 bridgehead atoms. The first-order valence-corrected chi connectivity index (χ1v) is 11.0. The Morgan fingerprint density at radius 1 is 0.968 bits per heavy atom. The zero-order valence-corrected chi connectivity index (χ0v) is 18.3. The normalized spacial score (nSPS) is 10.9. The number of benzene rings is 3. The highest BCUT2D eigenvalue weighted by molar-refractivity contribution is 8.00. The molecule has 0 aliphatic heterocycles. The number of para-hydroxylation sites is 2. The highest BCUT2D eigenvalue weighted by Gasteiger charge is 2.16. The van der Waals surface area contributed by atoms with Gasteiger partial charge in [0.1, 0.15) is 10.8 Å². The van der Waals surface area contributed by atoms with Crippen molar-refractivity contribution >= 4 is 46.0 Å². The zero-order valence-electron chi connectivity index (χ0n) is 16.8. The van der Waals surface area contributed by atoms with Gasteiger partial charge in [0, 0.05) is 24.2 Å². The molecule has 0 unspecified atom stereocenters. The summed E-state index contributed by atoms with van der Waals surface area (Å²) in [6, 6.07) is 21.1. The van der Waals surface area contributed by atoms with Crippen LogP contribution in [0, 0.1) is 5.82 Å². The van der Waals surface area contributed by atoms with Crippen LogP contribution in [-0.2, 0) is 11.2 Å². The van der Waals surface area contributed by atoms with Gasteiger partial charge in [-0.05, 0) is 54.1 Å². The number of nitrogens with zero attached hydrogens (tertiary/aromatic N) is 3. The molecule has 156 valence electrons. The number of carbonyl (C=O) groups excluding carboxylic acids is 1. The third-order valence-electron chi connectivity index (χ3n) is 4.81. The monoisotopic (exact) mass is 451 g/mol. The summed E-state index contributed by atoms with van der Waals surface area (Å²) in [5.74, 6) is -0.254. The molecule has 0 radical (unpaired) electrons. The number of hydrogen-bond donors (Lipinski definition) is 0. The van der Waals surface area contributed by atoms with Crippen LogP contribution in [0.3, 0.4) is 0 Å². The number of fused-ring (bicyclic) bond motifs is 1. The third kappa shape index (κ3) is 5.21. The van der Waals surface area contributed by atoms with E-state index in [-0.39, 0.29) is 17.5 Å². The second-order valence-corrected chi connectivity index (χ2v) is 8.39. The van der Waals surface area contributed by atoms with Gasteiger partial charge in [-0.15, -0.1) is 0 Å². The molecule has 1 heterocycles. The molecule has 0 spiro atoms. The number of amides is 1. The molecule has 0 aliphatic carbocycles. The van der Waals surface area contributed by atoms with Gasteiger partial charge in [0.05, 0.1) is 22.5 Å². The van der Waals surface area contributed by atoms with Crippen LogP contribution in [-0.4, -0.2) is 28.7 Å². The molecule has 0 saturated carbocycles. The standard InChI is InChI=1S/C24H19ClFN3OS/c1-29(19-12-10-18(26)11-13-19)23(30)15-31-24-22(14-16-6-8-17(25)9-7-16)27-20-4-2-3-5-21(20)28-24/h2-13H,14-15H2,1H3. The van der Waals surface area contributed by atoms with Crippen LogP contribution in [0.25, 0.3) is 11.0 Å². The molecule has 0 fully saturated rings. The lowest BCUT2D eigenvalue weighted by Crippen LogP contribution is -2.28. The predicted octanol–water partition coefficient (Wildman–Crippen LogP) is 5.77. The van der Waals surface area contributed by atoms with Gasteiger partial charge < -0.3 is 4.90 Å². The zero-order chi connectivity index (χ0) is 21.8. The van der Waals surface area contributed by atoms with Gasteiger partial charge in [-0.25, -0.2) is 14.4 Å². The van der Waals surface area contributed by atoms with Crippen molar-refractivity contribution in [3.05, 3.63) is 94.9 Å². The SMILES string of the molecule is CN(C(=O)CSc1nc2ccccc2nc1Cc1ccc(Cl)cc1)c1ccc(F)cc1. The molecule has 4 nitrogen and oxygen atoms in total. The maximum Gasteiger partial charge on any atom is 0.237 e. The van der Waals surface area contributed by atoms with Crippen LogP contribution in [0.15, 0.2) is 77.8 Å². The van der Waals surface area contributed by atoms with E-state index in [4.69, 9.17) is 21.6 Å². The van der Waals surface area contributed by atoms with E-state index in [0.717, 1.165) is 27.3 Å². The molecule has 4 aromatic rings. The summed E-state index contributed by atoms with van der Waals surface area (Å²) in [7, 11) is 1.68. The summed E-state index contributed by atoms with van der Waals surface area (Å²) >= 11 is 7.36. The molecular weight excluding hydrogens is 433 g/mol. The van der Waals surface area contributed by atoms with E-state index in [9.17, 15) is 9.18 Å². The lowest BCUT2D eigenvalue weighted by Gasteiger charge is -2.17. The van der Waals surface area contributed by atoms with E-state index < -0.39 is 0 Å². The lowest BCUT2D eigenvalue weighted by molar-refractivity contribution is -0.115. The van der Waals surface area contributed by atoms with E-state index in [1.54, 1.807) is 19.2 Å². The molecule has 0 saturated heterocycles. The number of carbonyl (C=O) groups is 1. The minimum atomic E-state index is -0.336. The van der Waals surface area contributed by atoms with Crippen molar-refractivity contribution in [2.45, 2.75) is 11.4 Å². The minimum Gasteiger partial charge on any atom is -0.315 e. The summed E-state index contributed by atoms with van der Waals surface area (Å²) in [5, 5.41) is 1.40. The first-order valence-electron chi connectivity index (χ1n) is 9.64. The van der Waals surface area contributed by atoms with Gasteiger partial charge >= 0.3 is 0 Å². The molecule has 7 heteroatoms. The number of halogens is 2. The molecular formula is C24H19ClFN3OS. The Balaban J connectivity index is 1.57. The van der Waals surface area contributed by atoms with E-state index in [0.29, 0.717) is 17.1 Å². The molecule has 0 aliphatic rings. The van der Waals surface area contributed by atoms with Crippen molar-refractivity contribution < 1.29 is 9.18 Å². The second-order valence-electron chi connectivity index (χ2n) is 6.99. The van der Waals surface area contributed by atoms with Crippen molar-refractivity contribution in [2.24, 2.45) is 0 Å². The first kappa shape index (κ1) is 21.3. The summed E-state index contributed by atoms with van der Waals surface area (Å²) in [5.41, 5.74) is 4.10. The molecule has 4 rings (SSSR count). The van der Waals surface area contributed by atoms with E-state index >= 15 is 0 Å². The maximum absolute atomic E-state index is 13.2. The Kier molecular flexibility index (Phi) is 6.49. The van der Waals surface area contributed by atoms with Gasteiger partial charge in [-0.1, -0.05) is 47.6 Å². The first-order chi connectivity index (χ1) is 15.0. The van der Waals surface area contributed by atoms with E-state index in [2.05, 4.69) is 0 Å². The fraction of sp³-hybridized carbons (Fsp3) is 0.125. The molecule has 3 aromatic carbocycles. The maximum atomic E-state index is 13.2. The fourth-order valence-electron chi connectivity index (χ4n) is 3.08. The Labute approximate surface area is 189 Å². The van der Waals surface area contributed by atoms with E-state index in [1.165, 1.54) is 28.8 Å². The molecule has 31 heavy (non-hydrogen) atoms. The summed E-state index contributed by atoms with van der Waals surface area (Å²) < 4.78 is 13.2. The summed E-state index contributed by atoms with van der Waals surface area (Å²) in [6.07, 6.45) is 0.583. The van der Waals surface area contributed by atoms with Crippen LogP contribution >= 0.6 is 23.4 Å². The third-order valence-corrected chi connectivity index (χ3v) is 6.05. The van der Waals surface area contributed by atoms with Crippen LogP contribution in [0.1, 0.15) is 11.3 Å². The number of rotatable bonds is 6. The number of hydrogen-bond acceptors (Lipinski definition) is 4. The fourth-order valence-corrected chi connectivity index (χ4v) is 4.11.